The van der Waals surface area contributed by atoms with Crippen LogP contribution in [0.5, 0.6) is 0 Å². The van der Waals surface area contributed by atoms with Gasteiger partial charge in [-0.2, -0.15) is 0 Å². The Morgan fingerprint density at radius 1 is 0.585 bits per heavy atom. The maximum Gasteiger partial charge on any atom is 0.336 e. The summed E-state index contributed by atoms with van der Waals surface area (Å²) in [6, 6.07) is 19.9. The highest BCUT2D eigenvalue weighted by Gasteiger charge is 2.22. The van der Waals surface area contributed by atoms with Crippen molar-refractivity contribution in [3.63, 3.8) is 0 Å². The maximum absolute atomic E-state index is 12.9. The van der Waals surface area contributed by atoms with Crippen LogP contribution in [0.4, 0.5) is 11.4 Å². The van der Waals surface area contributed by atoms with E-state index in [1.807, 2.05) is 24.3 Å². The summed E-state index contributed by atoms with van der Waals surface area (Å²) in [7, 11) is 0. The molecule has 0 unspecified atom stereocenters. The summed E-state index contributed by atoms with van der Waals surface area (Å²) in [5.41, 5.74) is 5.93. The minimum absolute atomic E-state index is 0.0393. The van der Waals surface area contributed by atoms with Crippen molar-refractivity contribution in [2.24, 2.45) is 0 Å². The van der Waals surface area contributed by atoms with Crippen LogP contribution < -0.4 is 10.6 Å². The first-order valence-electron chi connectivity index (χ1n) is 12.6. The molecule has 5 rings (SSSR count). The summed E-state index contributed by atoms with van der Waals surface area (Å²) < 4.78 is 0. The van der Waals surface area contributed by atoms with E-state index in [1.54, 1.807) is 24.3 Å². The Labute approximate surface area is 235 Å². The van der Waals surface area contributed by atoms with E-state index >= 15 is 0 Å². The highest BCUT2D eigenvalue weighted by atomic mass is 16.4. The molecular formula is C33H24N2O6. The van der Waals surface area contributed by atoms with Gasteiger partial charge in [-0.1, -0.05) is 49.6 Å². The van der Waals surface area contributed by atoms with E-state index in [0.717, 1.165) is 22.3 Å². The minimum Gasteiger partial charge on any atom is -0.478 e. The van der Waals surface area contributed by atoms with Crippen molar-refractivity contribution in [2.75, 3.05) is 10.6 Å². The van der Waals surface area contributed by atoms with E-state index in [0.29, 0.717) is 28.9 Å². The van der Waals surface area contributed by atoms with Crippen molar-refractivity contribution in [2.45, 2.75) is 6.42 Å². The summed E-state index contributed by atoms with van der Waals surface area (Å²) >= 11 is 0. The number of rotatable bonds is 8. The highest BCUT2D eigenvalue weighted by Crippen LogP contribution is 2.39. The van der Waals surface area contributed by atoms with Crippen molar-refractivity contribution in [1.82, 2.24) is 0 Å². The van der Waals surface area contributed by atoms with E-state index < -0.39 is 23.8 Å². The number of anilines is 2. The van der Waals surface area contributed by atoms with Crippen molar-refractivity contribution < 1.29 is 29.4 Å². The van der Waals surface area contributed by atoms with Crippen LogP contribution in [0.15, 0.2) is 86.0 Å². The molecule has 0 aromatic heterocycles. The molecule has 41 heavy (non-hydrogen) atoms. The summed E-state index contributed by atoms with van der Waals surface area (Å²) in [4.78, 5) is 49.3. The molecule has 202 valence electrons. The average molecular weight is 545 g/mol. The number of hydrogen-bond donors (Lipinski definition) is 4. The lowest BCUT2D eigenvalue weighted by atomic mass is 10.0. The molecule has 0 heterocycles. The molecule has 4 aromatic carbocycles. The van der Waals surface area contributed by atoms with Gasteiger partial charge in [-0.3, -0.25) is 9.59 Å². The molecule has 0 spiro atoms. The Bertz CT molecular complexity index is 1670. The SMILES string of the molecule is C=Cc1ccc(C(=O)Nc2ccc3c(c2)Cc2cc(NC(=O)c4ccc(C=C)cc4C(=O)O)ccc2-3)c(C(=O)O)c1. The number of aromatic carboxylic acids is 2. The second-order valence-corrected chi connectivity index (χ2v) is 9.46. The number of hydrogen-bond acceptors (Lipinski definition) is 4. The Hall–Kier alpha value is -5.76. The highest BCUT2D eigenvalue weighted by molar-refractivity contribution is 6.12. The molecule has 0 aliphatic heterocycles. The van der Waals surface area contributed by atoms with Gasteiger partial charge in [-0.25, -0.2) is 9.59 Å². The van der Waals surface area contributed by atoms with Crippen LogP contribution >= 0.6 is 0 Å². The lowest BCUT2D eigenvalue weighted by Crippen LogP contribution is -2.16. The largest absolute Gasteiger partial charge is 0.478 e. The van der Waals surface area contributed by atoms with E-state index in [1.165, 1.54) is 36.4 Å². The fourth-order valence-corrected chi connectivity index (χ4v) is 4.89. The molecule has 0 radical (unpaired) electrons. The van der Waals surface area contributed by atoms with E-state index in [2.05, 4.69) is 23.8 Å². The van der Waals surface area contributed by atoms with Gasteiger partial charge in [0.05, 0.1) is 22.3 Å². The Balaban J connectivity index is 1.34. The zero-order chi connectivity index (χ0) is 29.3. The predicted molar refractivity (Wildman–Crippen MR) is 158 cm³/mol. The van der Waals surface area contributed by atoms with E-state index in [-0.39, 0.29) is 22.3 Å². The van der Waals surface area contributed by atoms with Crippen molar-refractivity contribution in [1.29, 1.82) is 0 Å². The molecule has 4 N–H and O–H groups in total. The molecule has 0 atom stereocenters. The van der Waals surface area contributed by atoms with Crippen LogP contribution in [0.2, 0.25) is 0 Å². The first kappa shape index (κ1) is 26.8. The number of fused-ring (bicyclic) bond motifs is 3. The smallest absolute Gasteiger partial charge is 0.336 e. The molecule has 1 aliphatic carbocycles. The lowest BCUT2D eigenvalue weighted by Gasteiger charge is -2.11. The molecule has 0 bridgehead atoms. The molecule has 2 amide bonds. The third-order valence-corrected chi connectivity index (χ3v) is 6.91. The van der Waals surface area contributed by atoms with Gasteiger partial charge >= 0.3 is 11.9 Å². The summed E-state index contributed by atoms with van der Waals surface area (Å²) in [5.74, 6) is -3.50. The number of carboxylic acid groups (broad SMARTS) is 2. The Morgan fingerprint density at radius 3 is 1.37 bits per heavy atom. The fourth-order valence-electron chi connectivity index (χ4n) is 4.89. The van der Waals surface area contributed by atoms with Gasteiger partial charge in [0.1, 0.15) is 0 Å². The number of carboxylic acids is 2. The molecule has 0 fully saturated rings. The van der Waals surface area contributed by atoms with Crippen LogP contribution in [0, 0.1) is 0 Å². The molecule has 0 saturated carbocycles. The first-order chi connectivity index (χ1) is 19.7. The number of carbonyl (C=O) groups is 4. The minimum atomic E-state index is -1.21. The zero-order valence-electron chi connectivity index (χ0n) is 21.7. The topological polar surface area (TPSA) is 133 Å². The monoisotopic (exact) mass is 544 g/mol. The third kappa shape index (κ3) is 5.26. The molecular weight excluding hydrogens is 520 g/mol. The molecule has 4 aromatic rings. The van der Waals surface area contributed by atoms with Crippen molar-refractivity contribution in [3.8, 4) is 11.1 Å². The van der Waals surface area contributed by atoms with Crippen LogP contribution in [-0.2, 0) is 6.42 Å². The number of amides is 2. The second-order valence-electron chi connectivity index (χ2n) is 9.46. The summed E-state index contributed by atoms with van der Waals surface area (Å²) in [6.45, 7) is 7.27. The fraction of sp³-hybridized carbons (Fsp3) is 0.0303. The van der Waals surface area contributed by atoms with Gasteiger partial charge in [0.2, 0.25) is 0 Å². The van der Waals surface area contributed by atoms with Gasteiger partial charge in [0, 0.05) is 11.4 Å². The Kier molecular flexibility index (Phi) is 7.05. The van der Waals surface area contributed by atoms with Gasteiger partial charge in [-0.05, 0) is 88.3 Å². The van der Waals surface area contributed by atoms with E-state index in [4.69, 9.17) is 0 Å². The second kappa shape index (κ2) is 10.8. The normalized spacial score (nSPS) is 11.1. The quantitative estimate of drug-likeness (QED) is 0.178. The predicted octanol–water partition coefficient (Wildman–Crippen LogP) is 6.44. The van der Waals surface area contributed by atoms with Crippen molar-refractivity contribution in [3.05, 3.63) is 130 Å². The average Bonchev–Trinajstić information content (AvgIpc) is 3.33. The first-order valence-corrected chi connectivity index (χ1v) is 12.6. The number of benzene rings is 4. The van der Waals surface area contributed by atoms with E-state index in [9.17, 15) is 29.4 Å². The molecule has 8 nitrogen and oxygen atoms in total. The van der Waals surface area contributed by atoms with Gasteiger partial charge in [0.15, 0.2) is 0 Å². The standard InChI is InChI=1S/C33H24N2O6/c1-3-18-5-9-26(28(13-18)32(38)39)30(36)34-22-7-11-24-20(16-22)15-21-17-23(8-12-25(21)24)35-31(37)27-10-6-19(4-2)14-29(27)33(40)41/h3-14,16-17H,1-2,15H2,(H,34,36)(H,35,37)(H,38,39)(H,40,41). The number of nitrogens with one attached hydrogen (secondary N) is 2. The number of carbonyl (C=O) groups excluding carboxylic acids is 2. The van der Waals surface area contributed by atoms with Gasteiger partial charge < -0.3 is 20.8 Å². The molecule has 8 heteroatoms. The molecule has 1 aliphatic rings. The summed E-state index contributed by atoms with van der Waals surface area (Å²) in [6.07, 6.45) is 3.56. The van der Waals surface area contributed by atoms with Gasteiger partial charge in [-0.15, -0.1) is 0 Å². The summed E-state index contributed by atoms with van der Waals surface area (Å²) in [5, 5.41) is 24.7. The lowest BCUT2D eigenvalue weighted by molar-refractivity contribution is 0.0683. The third-order valence-electron chi connectivity index (χ3n) is 6.91. The van der Waals surface area contributed by atoms with Crippen molar-refractivity contribution >= 4 is 47.3 Å². The molecule has 0 saturated heterocycles. The van der Waals surface area contributed by atoms with Crippen LogP contribution in [0.1, 0.15) is 63.7 Å². The van der Waals surface area contributed by atoms with Crippen LogP contribution in [0.3, 0.4) is 0 Å². The Morgan fingerprint density at radius 2 is 1.00 bits per heavy atom. The zero-order valence-corrected chi connectivity index (χ0v) is 21.7. The maximum atomic E-state index is 12.9. The van der Waals surface area contributed by atoms with Crippen LogP contribution in [-0.4, -0.2) is 34.0 Å². The van der Waals surface area contributed by atoms with Gasteiger partial charge in [0.25, 0.3) is 11.8 Å². The van der Waals surface area contributed by atoms with Crippen LogP contribution in [0.25, 0.3) is 23.3 Å².